The van der Waals surface area contributed by atoms with Crippen LogP contribution in [0.15, 0.2) is 18.2 Å². The maximum atomic E-state index is 13.4. The maximum absolute atomic E-state index is 13.4. The van der Waals surface area contributed by atoms with Crippen LogP contribution in [0.3, 0.4) is 0 Å². The van der Waals surface area contributed by atoms with E-state index in [9.17, 15) is 9.50 Å². The Bertz CT molecular complexity index is 337. The number of halogens is 2. The molecule has 0 saturated carbocycles. The molecule has 4 heteroatoms. The van der Waals surface area contributed by atoms with Gasteiger partial charge in [-0.25, -0.2) is 4.39 Å². The molecule has 0 saturated heterocycles. The molecule has 0 radical (unpaired) electrons. The molecule has 1 aromatic carbocycles. The smallest absolute Gasteiger partial charge is 0.127 e. The van der Waals surface area contributed by atoms with Crippen LogP contribution in [-0.2, 0) is 6.42 Å². The van der Waals surface area contributed by atoms with Gasteiger partial charge in [-0.1, -0.05) is 31.5 Å². The standard InChI is InChI=1S/C13H19ClFNO/c1-9(2)7-16-8-10(17)6-11-12(14)4-3-5-13(11)15/h3-5,9-10,16-17H,6-8H2,1-2H3. The van der Waals surface area contributed by atoms with Crippen LogP contribution in [0.1, 0.15) is 19.4 Å². The molecule has 0 aromatic heterocycles. The van der Waals surface area contributed by atoms with Crippen LogP contribution in [0, 0.1) is 11.7 Å². The number of nitrogens with one attached hydrogen (secondary N) is 1. The van der Waals surface area contributed by atoms with Gasteiger partial charge in [-0.3, -0.25) is 0 Å². The fourth-order valence-electron chi connectivity index (χ4n) is 1.57. The lowest BCUT2D eigenvalue weighted by atomic mass is 10.1. The zero-order valence-corrected chi connectivity index (χ0v) is 11.0. The molecule has 0 aliphatic rings. The van der Waals surface area contributed by atoms with E-state index in [0.29, 0.717) is 23.0 Å². The molecule has 2 N–H and O–H groups in total. The van der Waals surface area contributed by atoms with Crippen LogP contribution in [0.4, 0.5) is 4.39 Å². The Hall–Kier alpha value is -0.640. The van der Waals surface area contributed by atoms with Crippen molar-refractivity contribution in [3.8, 4) is 0 Å². The van der Waals surface area contributed by atoms with Crippen molar-refractivity contribution in [1.82, 2.24) is 5.32 Å². The molecule has 1 rings (SSSR count). The fraction of sp³-hybridized carbons (Fsp3) is 0.538. The van der Waals surface area contributed by atoms with E-state index >= 15 is 0 Å². The first-order chi connectivity index (χ1) is 8.00. The zero-order valence-electron chi connectivity index (χ0n) is 10.2. The molecule has 0 spiro atoms. The lowest BCUT2D eigenvalue weighted by Crippen LogP contribution is -2.31. The van der Waals surface area contributed by atoms with Gasteiger partial charge in [0, 0.05) is 23.6 Å². The number of hydrogen-bond acceptors (Lipinski definition) is 2. The van der Waals surface area contributed by atoms with Crippen molar-refractivity contribution >= 4 is 11.6 Å². The zero-order chi connectivity index (χ0) is 12.8. The minimum absolute atomic E-state index is 0.233. The Morgan fingerprint density at radius 1 is 1.35 bits per heavy atom. The number of aliphatic hydroxyl groups excluding tert-OH is 1. The number of rotatable bonds is 6. The molecule has 0 aliphatic heterocycles. The van der Waals surface area contributed by atoms with E-state index in [1.54, 1.807) is 12.1 Å². The van der Waals surface area contributed by atoms with E-state index in [1.165, 1.54) is 6.07 Å². The lowest BCUT2D eigenvalue weighted by molar-refractivity contribution is 0.169. The van der Waals surface area contributed by atoms with Crippen LogP contribution >= 0.6 is 11.6 Å². The van der Waals surface area contributed by atoms with E-state index in [0.717, 1.165) is 6.54 Å². The highest BCUT2D eigenvalue weighted by Gasteiger charge is 2.12. The van der Waals surface area contributed by atoms with E-state index < -0.39 is 6.10 Å². The molecule has 0 heterocycles. The summed E-state index contributed by atoms with van der Waals surface area (Å²) in [5.74, 6) is 0.166. The molecule has 96 valence electrons. The van der Waals surface area contributed by atoms with Gasteiger partial charge in [0.2, 0.25) is 0 Å². The van der Waals surface area contributed by atoms with Gasteiger partial charge in [0.05, 0.1) is 6.10 Å². The summed E-state index contributed by atoms with van der Waals surface area (Å²) in [6.07, 6.45) is -0.389. The van der Waals surface area contributed by atoms with Crippen LogP contribution in [0.2, 0.25) is 5.02 Å². The van der Waals surface area contributed by atoms with E-state index in [4.69, 9.17) is 11.6 Å². The first kappa shape index (κ1) is 14.4. The van der Waals surface area contributed by atoms with Crippen molar-refractivity contribution in [2.24, 2.45) is 5.92 Å². The third kappa shape index (κ3) is 5.02. The Morgan fingerprint density at radius 3 is 2.65 bits per heavy atom. The molecule has 0 bridgehead atoms. The highest BCUT2D eigenvalue weighted by molar-refractivity contribution is 6.31. The summed E-state index contributed by atoms with van der Waals surface area (Å²) in [6.45, 7) is 5.46. The van der Waals surface area contributed by atoms with E-state index in [2.05, 4.69) is 19.2 Å². The number of aliphatic hydroxyl groups is 1. The second kappa shape index (κ2) is 6.94. The van der Waals surface area contributed by atoms with Crippen molar-refractivity contribution in [2.45, 2.75) is 26.4 Å². The quantitative estimate of drug-likeness (QED) is 0.823. The van der Waals surface area contributed by atoms with E-state index in [-0.39, 0.29) is 12.2 Å². The predicted molar refractivity (Wildman–Crippen MR) is 68.8 cm³/mol. The van der Waals surface area contributed by atoms with Crippen LogP contribution in [0.25, 0.3) is 0 Å². The SMILES string of the molecule is CC(C)CNCC(O)Cc1c(F)cccc1Cl. The first-order valence-electron chi connectivity index (χ1n) is 5.82. The molecule has 17 heavy (non-hydrogen) atoms. The van der Waals surface area contributed by atoms with Crippen LogP contribution in [0.5, 0.6) is 0 Å². The summed E-state index contributed by atoms with van der Waals surface area (Å²) in [6, 6.07) is 4.55. The molecule has 1 unspecified atom stereocenters. The summed E-state index contributed by atoms with van der Waals surface area (Å²) >= 11 is 5.89. The van der Waals surface area contributed by atoms with Crippen molar-refractivity contribution in [3.63, 3.8) is 0 Å². The Kier molecular flexibility index (Phi) is 5.89. The second-order valence-corrected chi connectivity index (χ2v) is 5.02. The van der Waals surface area contributed by atoms with Crippen LogP contribution in [-0.4, -0.2) is 24.3 Å². The lowest BCUT2D eigenvalue weighted by Gasteiger charge is -2.14. The van der Waals surface area contributed by atoms with Crippen molar-refractivity contribution < 1.29 is 9.50 Å². The first-order valence-corrected chi connectivity index (χ1v) is 6.20. The molecule has 1 atom stereocenters. The minimum atomic E-state index is -0.622. The van der Waals surface area contributed by atoms with Gasteiger partial charge in [-0.05, 0) is 24.6 Å². The molecular formula is C13H19ClFNO. The summed E-state index contributed by atoms with van der Waals surface area (Å²) in [5, 5.41) is 13.3. The average molecular weight is 260 g/mol. The normalized spacial score (nSPS) is 13.1. The minimum Gasteiger partial charge on any atom is -0.391 e. The Morgan fingerprint density at radius 2 is 2.06 bits per heavy atom. The summed E-state index contributed by atoms with van der Waals surface area (Å²) in [4.78, 5) is 0. The maximum Gasteiger partial charge on any atom is 0.127 e. The van der Waals surface area contributed by atoms with Gasteiger partial charge in [-0.2, -0.15) is 0 Å². The third-order valence-corrected chi connectivity index (χ3v) is 2.79. The highest BCUT2D eigenvalue weighted by atomic mass is 35.5. The van der Waals surface area contributed by atoms with Crippen molar-refractivity contribution in [3.05, 3.63) is 34.6 Å². The second-order valence-electron chi connectivity index (χ2n) is 4.61. The topological polar surface area (TPSA) is 32.3 Å². The monoisotopic (exact) mass is 259 g/mol. The predicted octanol–water partition coefficient (Wildman–Crippen LogP) is 2.63. The molecule has 0 fully saturated rings. The molecular weight excluding hydrogens is 241 g/mol. The number of hydrogen-bond donors (Lipinski definition) is 2. The van der Waals surface area contributed by atoms with Gasteiger partial charge in [0.1, 0.15) is 5.82 Å². The average Bonchev–Trinajstić information content (AvgIpc) is 2.23. The molecule has 0 amide bonds. The molecule has 2 nitrogen and oxygen atoms in total. The Balaban J connectivity index is 2.47. The van der Waals surface area contributed by atoms with Gasteiger partial charge >= 0.3 is 0 Å². The largest absolute Gasteiger partial charge is 0.391 e. The summed E-state index contributed by atoms with van der Waals surface area (Å²) < 4.78 is 13.4. The van der Waals surface area contributed by atoms with Crippen molar-refractivity contribution in [2.75, 3.05) is 13.1 Å². The third-order valence-electron chi connectivity index (χ3n) is 2.43. The van der Waals surface area contributed by atoms with Gasteiger partial charge < -0.3 is 10.4 Å². The van der Waals surface area contributed by atoms with Gasteiger partial charge in [-0.15, -0.1) is 0 Å². The Labute approximate surface area is 107 Å². The fourth-order valence-corrected chi connectivity index (χ4v) is 1.81. The number of benzene rings is 1. The van der Waals surface area contributed by atoms with Gasteiger partial charge in [0.25, 0.3) is 0 Å². The molecule has 1 aromatic rings. The summed E-state index contributed by atoms with van der Waals surface area (Å²) in [7, 11) is 0. The highest BCUT2D eigenvalue weighted by Crippen LogP contribution is 2.20. The molecule has 0 aliphatic carbocycles. The van der Waals surface area contributed by atoms with E-state index in [1.807, 2.05) is 0 Å². The van der Waals surface area contributed by atoms with Gasteiger partial charge in [0.15, 0.2) is 0 Å². The van der Waals surface area contributed by atoms with Crippen molar-refractivity contribution in [1.29, 1.82) is 0 Å². The van der Waals surface area contributed by atoms with Crippen LogP contribution < -0.4 is 5.32 Å². The summed E-state index contributed by atoms with van der Waals surface area (Å²) in [5.41, 5.74) is 0.382.